The van der Waals surface area contributed by atoms with Gasteiger partial charge >= 0.3 is 6.03 Å². The lowest BCUT2D eigenvalue weighted by molar-refractivity contribution is -0.134. The lowest BCUT2D eigenvalue weighted by atomic mass is 9.73. The van der Waals surface area contributed by atoms with Gasteiger partial charge in [-0.1, -0.05) is 13.8 Å². The van der Waals surface area contributed by atoms with E-state index in [1.807, 2.05) is 23.9 Å². The Balaban J connectivity index is 1.46. The van der Waals surface area contributed by atoms with Crippen LogP contribution in [0.5, 0.6) is 11.5 Å². The normalized spacial score (nSPS) is 22.8. The molecular formula is C26H38N4O5. The molecule has 0 spiro atoms. The zero-order valence-corrected chi connectivity index (χ0v) is 21.3. The van der Waals surface area contributed by atoms with Crippen molar-refractivity contribution in [2.24, 2.45) is 11.8 Å². The highest BCUT2D eigenvalue weighted by atomic mass is 16.6. The van der Waals surface area contributed by atoms with E-state index in [0.717, 1.165) is 6.42 Å². The van der Waals surface area contributed by atoms with Gasteiger partial charge in [-0.15, -0.1) is 0 Å². The largest absolute Gasteiger partial charge is 0.486 e. The minimum atomic E-state index is -0.889. The molecule has 3 aliphatic rings. The van der Waals surface area contributed by atoms with Gasteiger partial charge in [-0.3, -0.25) is 14.5 Å². The topological polar surface area (TPSA) is 91.4 Å². The highest BCUT2D eigenvalue weighted by Gasteiger charge is 2.55. The number of nitrogens with one attached hydrogen (secondary N) is 1. The molecular weight excluding hydrogens is 448 g/mol. The third-order valence-electron chi connectivity index (χ3n) is 7.36. The quantitative estimate of drug-likeness (QED) is 0.568. The fraction of sp³-hybridized carbons (Fsp3) is 0.654. The van der Waals surface area contributed by atoms with Crippen molar-refractivity contribution in [1.82, 2.24) is 20.0 Å². The number of carbonyl (C=O) groups is 3. The van der Waals surface area contributed by atoms with E-state index in [-0.39, 0.29) is 23.8 Å². The number of fused-ring (bicyclic) bond motifs is 1. The van der Waals surface area contributed by atoms with Crippen LogP contribution in [0, 0.1) is 11.8 Å². The van der Waals surface area contributed by atoms with E-state index in [1.54, 1.807) is 18.2 Å². The minimum Gasteiger partial charge on any atom is -0.486 e. The summed E-state index contributed by atoms with van der Waals surface area (Å²) in [5.41, 5.74) is -0.317. The maximum Gasteiger partial charge on any atom is 0.325 e. The molecule has 3 aliphatic heterocycles. The van der Waals surface area contributed by atoms with E-state index in [4.69, 9.17) is 9.47 Å². The van der Waals surface area contributed by atoms with Crippen LogP contribution in [0.3, 0.4) is 0 Å². The molecule has 2 fully saturated rings. The number of carbonyl (C=O) groups excluding carboxylic acids is 3. The molecule has 2 saturated heterocycles. The highest BCUT2D eigenvalue weighted by Crippen LogP contribution is 2.38. The molecule has 0 aromatic heterocycles. The van der Waals surface area contributed by atoms with Gasteiger partial charge in [0.25, 0.3) is 11.8 Å². The summed E-state index contributed by atoms with van der Waals surface area (Å²) in [6.45, 7) is 7.34. The number of ether oxygens (including phenoxy) is 2. The van der Waals surface area contributed by atoms with Crippen LogP contribution in [0.15, 0.2) is 18.2 Å². The third-order valence-corrected chi connectivity index (χ3v) is 7.36. The Morgan fingerprint density at radius 2 is 1.83 bits per heavy atom. The molecule has 4 rings (SSSR count). The summed E-state index contributed by atoms with van der Waals surface area (Å²) < 4.78 is 11.2. The smallest absolute Gasteiger partial charge is 0.325 e. The molecule has 9 nitrogen and oxygen atoms in total. The van der Waals surface area contributed by atoms with Gasteiger partial charge in [0.2, 0.25) is 0 Å². The van der Waals surface area contributed by atoms with Crippen molar-refractivity contribution in [2.75, 3.05) is 53.5 Å². The first-order valence-electron chi connectivity index (χ1n) is 12.7. The lowest BCUT2D eigenvalue weighted by Gasteiger charge is -2.41. The Morgan fingerprint density at radius 1 is 1.14 bits per heavy atom. The number of amides is 4. The van der Waals surface area contributed by atoms with Gasteiger partial charge in [-0.05, 0) is 69.8 Å². The summed E-state index contributed by atoms with van der Waals surface area (Å²) >= 11 is 0. The minimum absolute atomic E-state index is 0.00799. The molecule has 0 aliphatic carbocycles. The Labute approximate surface area is 207 Å². The van der Waals surface area contributed by atoms with Gasteiger partial charge in [0.1, 0.15) is 18.8 Å². The maximum atomic E-state index is 13.7. The average Bonchev–Trinajstić information content (AvgIpc) is 3.10. The number of nitrogens with zero attached hydrogens (tertiary/aromatic N) is 3. The number of likely N-dealkylation sites (tertiary alicyclic amines) is 1. The monoisotopic (exact) mass is 486 g/mol. The van der Waals surface area contributed by atoms with Crippen molar-refractivity contribution >= 4 is 17.8 Å². The van der Waals surface area contributed by atoms with E-state index in [1.165, 1.54) is 4.90 Å². The molecule has 0 saturated carbocycles. The molecule has 9 heteroatoms. The Kier molecular flexibility index (Phi) is 7.54. The van der Waals surface area contributed by atoms with Crippen LogP contribution >= 0.6 is 0 Å². The molecule has 4 amide bonds. The second-order valence-electron chi connectivity index (χ2n) is 10.5. The van der Waals surface area contributed by atoms with Crippen LogP contribution in [-0.4, -0.2) is 91.6 Å². The summed E-state index contributed by atoms with van der Waals surface area (Å²) in [4.78, 5) is 44.9. The highest BCUT2D eigenvalue weighted by molar-refractivity contribution is 6.07. The molecule has 0 bridgehead atoms. The summed E-state index contributed by atoms with van der Waals surface area (Å²) in [5.74, 6) is 1.51. The number of hydrogen-bond donors (Lipinski definition) is 1. The van der Waals surface area contributed by atoms with Crippen LogP contribution in [0.1, 0.15) is 49.9 Å². The predicted octanol–water partition coefficient (Wildman–Crippen LogP) is 2.60. The Hall–Kier alpha value is -2.81. The van der Waals surface area contributed by atoms with Crippen molar-refractivity contribution in [2.45, 2.75) is 45.1 Å². The molecule has 1 N–H and O–H groups in total. The zero-order chi connectivity index (χ0) is 25.2. The Morgan fingerprint density at radius 3 is 2.49 bits per heavy atom. The molecule has 1 aromatic carbocycles. The molecule has 1 atom stereocenters. The average molecular weight is 487 g/mol. The number of likely N-dealkylation sites (N-methyl/N-ethyl adjacent to an activating group) is 1. The van der Waals surface area contributed by atoms with Crippen LogP contribution < -0.4 is 14.8 Å². The molecule has 192 valence electrons. The Bertz CT molecular complexity index is 957. The van der Waals surface area contributed by atoms with Crippen molar-refractivity contribution in [1.29, 1.82) is 0 Å². The van der Waals surface area contributed by atoms with E-state index in [9.17, 15) is 14.4 Å². The van der Waals surface area contributed by atoms with Crippen LogP contribution in [-0.2, 0) is 4.79 Å². The van der Waals surface area contributed by atoms with Crippen molar-refractivity contribution in [3.63, 3.8) is 0 Å². The van der Waals surface area contributed by atoms with Gasteiger partial charge in [0, 0.05) is 31.7 Å². The third kappa shape index (κ3) is 5.24. The number of hydrogen-bond acceptors (Lipinski definition) is 6. The SMILES string of the molecule is CC(C)CCC1(C2CCN(C(=O)c3ccc4c(c3)OCCO4)CC2)NC(=O)N(CCN(C)C)C1=O. The van der Waals surface area contributed by atoms with E-state index in [2.05, 4.69) is 19.2 Å². The fourth-order valence-corrected chi connectivity index (χ4v) is 5.25. The molecule has 35 heavy (non-hydrogen) atoms. The summed E-state index contributed by atoms with van der Waals surface area (Å²) in [7, 11) is 3.86. The number of urea groups is 1. The number of imide groups is 1. The first kappa shape index (κ1) is 25.3. The first-order valence-corrected chi connectivity index (χ1v) is 12.7. The summed E-state index contributed by atoms with van der Waals surface area (Å²) in [6, 6.07) is 5.01. The molecule has 1 aromatic rings. The van der Waals surface area contributed by atoms with Crippen LogP contribution in [0.2, 0.25) is 0 Å². The van der Waals surface area contributed by atoms with Gasteiger partial charge in [-0.2, -0.15) is 0 Å². The number of piperidine rings is 1. The van der Waals surface area contributed by atoms with Crippen LogP contribution in [0.25, 0.3) is 0 Å². The van der Waals surface area contributed by atoms with Gasteiger partial charge < -0.3 is 24.6 Å². The summed E-state index contributed by atoms with van der Waals surface area (Å²) in [6.07, 6.45) is 2.81. The second-order valence-corrected chi connectivity index (χ2v) is 10.5. The predicted molar refractivity (Wildman–Crippen MR) is 132 cm³/mol. The molecule has 3 heterocycles. The van der Waals surface area contributed by atoms with Crippen LogP contribution in [0.4, 0.5) is 4.79 Å². The number of rotatable bonds is 8. The lowest BCUT2D eigenvalue weighted by Crippen LogP contribution is -2.56. The second kappa shape index (κ2) is 10.4. The van der Waals surface area contributed by atoms with Gasteiger partial charge in [-0.25, -0.2) is 4.79 Å². The van der Waals surface area contributed by atoms with Gasteiger partial charge in [0.05, 0.1) is 0 Å². The summed E-state index contributed by atoms with van der Waals surface area (Å²) in [5, 5.41) is 3.11. The number of benzene rings is 1. The maximum absolute atomic E-state index is 13.7. The van der Waals surface area contributed by atoms with Crippen molar-refractivity contribution in [3.05, 3.63) is 23.8 Å². The van der Waals surface area contributed by atoms with E-state index >= 15 is 0 Å². The standard InChI is InChI=1S/C26H38N4O5/c1-18(2)7-10-26(24(32)30(25(33)27-26)14-13-28(3)4)20-8-11-29(12-9-20)23(31)19-5-6-21-22(17-19)35-16-15-34-21/h5-6,17-18,20H,7-16H2,1-4H3,(H,27,33). The van der Waals surface area contributed by atoms with E-state index in [0.29, 0.717) is 81.6 Å². The van der Waals surface area contributed by atoms with Crippen molar-refractivity contribution in [3.8, 4) is 11.5 Å². The fourth-order valence-electron chi connectivity index (χ4n) is 5.25. The van der Waals surface area contributed by atoms with Crippen molar-refractivity contribution < 1.29 is 23.9 Å². The molecule has 0 radical (unpaired) electrons. The van der Waals surface area contributed by atoms with Gasteiger partial charge in [0.15, 0.2) is 11.5 Å². The first-order chi connectivity index (χ1) is 16.7. The van der Waals surface area contributed by atoms with E-state index < -0.39 is 5.54 Å². The zero-order valence-electron chi connectivity index (χ0n) is 21.3. The molecule has 1 unspecified atom stereocenters.